The first kappa shape index (κ1) is 22.5. The third kappa shape index (κ3) is 4.29. The highest BCUT2D eigenvalue weighted by Crippen LogP contribution is 2.40. The van der Waals surface area contributed by atoms with Crippen LogP contribution in [0.3, 0.4) is 0 Å². The second-order valence-electron chi connectivity index (χ2n) is 8.32. The minimum Gasteiger partial charge on any atom is -0.503 e. The van der Waals surface area contributed by atoms with Gasteiger partial charge in [0.15, 0.2) is 5.76 Å². The zero-order chi connectivity index (χ0) is 22.8. The van der Waals surface area contributed by atoms with Crippen molar-refractivity contribution in [2.45, 2.75) is 39.2 Å². The molecule has 4 rings (SSSR count). The van der Waals surface area contributed by atoms with Crippen LogP contribution >= 0.6 is 11.3 Å². The van der Waals surface area contributed by atoms with Gasteiger partial charge in [0, 0.05) is 13.1 Å². The largest absolute Gasteiger partial charge is 0.503 e. The molecule has 1 fully saturated rings. The molecule has 1 unspecified atom stereocenters. The van der Waals surface area contributed by atoms with Crippen LogP contribution in [0.1, 0.15) is 51.2 Å². The van der Waals surface area contributed by atoms with Gasteiger partial charge in [0.25, 0.3) is 5.91 Å². The molecule has 1 aromatic heterocycles. The number of amides is 1. The van der Waals surface area contributed by atoms with Crippen LogP contribution < -0.4 is 4.74 Å². The number of carbonyl (C=O) groups is 2. The number of ether oxygens (including phenoxy) is 1. The molecule has 0 radical (unpaired) electrons. The van der Waals surface area contributed by atoms with E-state index in [2.05, 4.69) is 9.88 Å². The summed E-state index contributed by atoms with van der Waals surface area (Å²) < 4.78 is 5.27. The van der Waals surface area contributed by atoms with Gasteiger partial charge in [-0.15, -0.1) is 11.3 Å². The average Bonchev–Trinajstić information content (AvgIpc) is 3.28. The molecule has 8 heteroatoms. The summed E-state index contributed by atoms with van der Waals surface area (Å²) in [5, 5.41) is 11.6. The summed E-state index contributed by atoms with van der Waals surface area (Å²) >= 11 is 1.29. The van der Waals surface area contributed by atoms with Crippen molar-refractivity contribution < 1.29 is 19.4 Å². The van der Waals surface area contributed by atoms with Crippen LogP contribution in [0.25, 0.3) is 0 Å². The predicted octanol–water partition coefficient (Wildman–Crippen LogP) is 3.83. The number of aromatic nitrogens is 1. The molecule has 3 heterocycles. The van der Waals surface area contributed by atoms with Crippen molar-refractivity contribution in [1.82, 2.24) is 14.8 Å². The number of methoxy groups -OCH3 is 1. The number of hydrogen-bond donors (Lipinski definition) is 1. The molecule has 1 aromatic carbocycles. The Hall–Kier alpha value is -2.71. The van der Waals surface area contributed by atoms with Gasteiger partial charge in [0.1, 0.15) is 5.75 Å². The van der Waals surface area contributed by atoms with Gasteiger partial charge in [-0.25, -0.2) is 4.98 Å². The first-order valence-electron chi connectivity index (χ1n) is 11.0. The van der Waals surface area contributed by atoms with E-state index in [1.165, 1.54) is 17.8 Å². The molecule has 0 bridgehead atoms. The summed E-state index contributed by atoms with van der Waals surface area (Å²) in [6.45, 7) is 6.80. The van der Waals surface area contributed by atoms with Crippen molar-refractivity contribution in [3.05, 3.63) is 56.7 Å². The van der Waals surface area contributed by atoms with E-state index < -0.39 is 17.7 Å². The molecule has 170 valence electrons. The lowest BCUT2D eigenvalue weighted by Crippen LogP contribution is -2.40. The van der Waals surface area contributed by atoms with Crippen LogP contribution in [0.5, 0.6) is 5.75 Å². The number of ketones is 1. The first-order valence-corrected chi connectivity index (χ1v) is 11.8. The molecule has 2 aliphatic heterocycles. The molecule has 1 atom stereocenters. The topological polar surface area (TPSA) is 83.0 Å². The van der Waals surface area contributed by atoms with Crippen LogP contribution in [0, 0.1) is 13.8 Å². The molecule has 1 N–H and O–H groups in total. The summed E-state index contributed by atoms with van der Waals surface area (Å²) in [5.74, 6) is -0.599. The lowest BCUT2D eigenvalue weighted by Gasteiger charge is -2.31. The Balaban J connectivity index is 1.69. The zero-order valence-corrected chi connectivity index (χ0v) is 19.6. The van der Waals surface area contributed by atoms with Gasteiger partial charge < -0.3 is 19.6 Å². The maximum atomic E-state index is 13.5. The number of nitrogens with zero attached hydrogens (tertiary/aromatic N) is 3. The molecule has 2 aliphatic rings. The molecule has 1 amide bonds. The van der Waals surface area contributed by atoms with Crippen LogP contribution in [-0.4, -0.2) is 64.9 Å². The molecular formula is C24H29N3O4S. The predicted molar refractivity (Wildman–Crippen MR) is 123 cm³/mol. The number of aryl methyl sites for hydroxylation is 2. The van der Waals surface area contributed by atoms with Crippen LogP contribution in [0.15, 0.2) is 35.6 Å². The van der Waals surface area contributed by atoms with E-state index in [-0.39, 0.29) is 11.4 Å². The minimum absolute atomic E-state index is 0.130. The second-order valence-corrected chi connectivity index (χ2v) is 9.52. The van der Waals surface area contributed by atoms with Gasteiger partial charge in [0.2, 0.25) is 5.78 Å². The molecule has 0 aliphatic carbocycles. The third-order valence-electron chi connectivity index (χ3n) is 6.20. The van der Waals surface area contributed by atoms with E-state index >= 15 is 0 Å². The van der Waals surface area contributed by atoms with Crippen molar-refractivity contribution in [2.24, 2.45) is 0 Å². The summed E-state index contributed by atoms with van der Waals surface area (Å²) in [6, 6.07) is 6.67. The number of benzene rings is 1. The van der Waals surface area contributed by atoms with Gasteiger partial charge in [-0.1, -0.05) is 18.6 Å². The molecule has 2 aromatic rings. The van der Waals surface area contributed by atoms with Gasteiger partial charge in [-0.05, 0) is 57.5 Å². The highest BCUT2D eigenvalue weighted by Gasteiger charge is 2.44. The Morgan fingerprint density at radius 2 is 1.84 bits per heavy atom. The van der Waals surface area contributed by atoms with Gasteiger partial charge >= 0.3 is 0 Å². The Labute approximate surface area is 192 Å². The first-order chi connectivity index (χ1) is 15.4. The van der Waals surface area contributed by atoms with Crippen molar-refractivity contribution >= 4 is 23.0 Å². The van der Waals surface area contributed by atoms with Crippen molar-refractivity contribution in [2.75, 3.05) is 33.3 Å². The molecule has 7 nitrogen and oxygen atoms in total. The summed E-state index contributed by atoms with van der Waals surface area (Å²) in [5.41, 5.74) is 1.51. The van der Waals surface area contributed by atoms with Crippen molar-refractivity contribution in [1.29, 1.82) is 0 Å². The fourth-order valence-corrected chi connectivity index (χ4v) is 5.42. The fourth-order valence-electron chi connectivity index (χ4n) is 4.55. The highest BCUT2D eigenvalue weighted by molar-refractivity contribution is 7.14. The van der Waals surface area contributed by atoms with Gasteiger partial charge in [0.05, 0.1) is 34.3 Å². The smallest absolute Gasteiger partial charge is 0.290 e. The Morgan fingerprint density at radius 1 is 1.16 bits per heavy atom. The number of Topliss-reactive ketones (excluding diaryl/α,β-unsaturated/α-hetero) is 1. The summed E-state index contributed by atoms with van der Waals surface area (Å²) in [6.07, 6.45) is 3.56. The Bertz CT molecular complexity index is 1040. The van der Waals surface area contributed by atoms with Crippen LogP contribution in [-0.2, 0) is 4.79 Å². The van der Waals surface area contributed by atoms with E-state index in [1.807, 2.05) is 31.2 Å². The monoisotopic (exact) mass is 455 g/mol. The lowest BCUT2D eigenvalue weighted by atomic mass is 9.95. The minimum atomic E-state index is -0.646. The average molecular weight is 456 g/mol. The maximum Gasteiger partial charge on any atom is 0.290 e. The molecule has 0 saturated carbocycles. The molecule has 32 heavy (non-hydrogen) atoms. The normalized spacial score (nSPS) is 19.7. The van der Waals surface area contributed by atoms with Crippen molar-refractivity contribution in [3.63, 3.8) is 0 Å². The zero-order valence-electron chi connectivity index (χ0n) is 18.8. The van der Waals surface area contributed by atoms with Gasteiger partial charge in [-0.2, -0.15) is 0 Å². The van der Waals surface area contributed by atoms with E-state index in [9.17, 15) is 14.7 Å². The van der Waals surface area contributed by atoms with E-state index in [1.54, 1.807) is 18.9 Å². The van der Waals surface area contributed by atoms with Gasteiger partial charge in [-0.3, -0.25) is 9.59 Å². The number of rotatable bonds is 7. The summed E-state index contributed by atoms with van der Waals surface area (Å²) in [7, 11) is 1.59. The SMILES string of the molecule is COc1ccc(C2C(C(=O)c3sc(C)nc3C)=C(O)C(=O)N2CCN2CCCCC2)cc1. The Morgan fingerprint density at radius 3 is 2.44 bits per heavy atom. The van der Waals surface area contributed by atoms with E-state index in [0.29, 0.717) is 29.4 Å². The molecular weight excluding hydrogens is 426 g/mol. The third-order valence-corrected chi connectivity index (χ3v) is 7.27. The second kappa shape index (κ2) is 9.42. The number of hydrogen-bond acceptors (Lipinski definition) is 7. The number of thiazole rings is 1. The van der Waals surface area contributed by atoms with Crippen LogP contribution in [0.2, 0.25) is 0 Å². The molecule has 1 saturated heterocycles. The number of aliphatic hydroxyl groups excluding tert-OH is 1. The Kier molecular flexibility index (Phi) is 6.62. The number of carbonyl (C=O) groups excluding carboxylic acids is 2. The van der Waals surface area contributed by atoms with Crippen LogP contribution in [0.4, 0.5) is 0 Å². The number of likely N-dealkylation sites (tertiary alicyclic amines) is 1. The standard InChI is InChI=1S/C24H29N3O4S/c1-15-23(32-16(2)25-15)21(28)19-20(17-7-9-18(31-3)10-8-17)27(24(30)22(19)29)14-13-26-11-5-4-6-12-26/h7-10,20,29H,4-6,11-14H2,1-3H3. The highest BCUT2D eigenvalue weighted by atomic mass is 32.1. The quantitative estimate of drug-likeness (QED) is 0.639. The number of piperidine rings is 1. The van der Waals surface area contributed by atoms with E-state index in [4.69, 9.17) is 4.74 Å². The lowest BCUT2D eigenvalue weighted by molar-refractivity contribution is -0.129. The fraction of sp³-hybridized carbons (Fsp3) is 0.458. The maximum absolute atomic E-state index is 13.5. The molecule has 0 spiro atoms. The van der Waals surface area contributed by atoms with E-state index in [0.717, 1.165) is 36.5 Å². The van der Waals surface area contributed by atoms with Crippen molar-refractivity contribution in [3.8, 4) is 5.75 Å². The number of aliphatic hydroxyl groups is 1. The summed E-state index contributed by atoms with van der Waals surface area (Å²) in [4.78, 5) is 35.5.